The summed E-state index contributed by atoms with van der Waals surface area (Å²) in [7, 11) is 1.62. The minimum Gasteiger partial charge on any atom is -0.497 e. The van der Waals surface area contributed by atoms with Gasteiger partial charge in [-0.2, -0.15) is 0 Å². The Labute approximate surface area is 88.4 Å². The number of hydrogen-bond acceptors (Lipinski definition) is 3. The molecule has 1 aromatic carbocycles. The molecule has 4 nitrogen and oxygen atoms in total. The molecule has 3 N–H and O–H groups in total. The van der Waals surface area contributed by atoms with E-state index in [9.17, 15) is 4.79 Å². The average Bonchev–Trinajstić information content (AvgIpc) is 2.58. The first kappa shape index (κ1) is 9.98. The van der Waals surface area contributed by atoms with Gasteiger partial charge in [0.25, 0.3) is 0 Å². The van der Waals surface area contributed by atoms with E-state index in [-0.39, 0.29) is 18.0 Å². The number of carbonyl (C=O) groups excluding carboxylic acids is 1. The molecule has 0 aromatic heterocycles. The summed E-state index contributed by atoms with van der Waals surface area (Å²) >= 11 is 0. The molecule has 0 saturated carbocycles. The molecule has 1 fully saturated rings. The van der Waals surface area contributed by atoms with E-state index < -0.39 is 0 Å². The highest BCUT2D eigenvalue weighted by molar-refractivity contribution is 5.80. The van der Waals surface area contributed by atoms with Gasteiger partial charge in [-0.1, -0.05) is 12.1 Å². The van der Waals surface area contributed by atoms with Crippen LogP contribution >= 0.6 is 0 Å². The molecule has 1 heterocycles. The van der Waals surface area contributed by atoms with Crippen LogP contribution in [0.4, 0.5) is 0 Å². The van der Waals surface area contributed by atoms with E-state index in [1.165, 1.54) is 0 Å². The zero-order valence-electron chi connectivity index (χ0n) is 8.57. The van der Waals surface area contributed by atoms with Crippen LogP contribution < -0.4 is 15.8 Å². The van der Waals surface area contributed by atoms with Gasteiger partial charge in [0.1, 0.15) is 5.75 Å². The molecule has 1 aliphatic heterocycles. The number of amides is 1. The summed E-state index contributed by atoms with van der Waals surface area (Å²) in [5.41, 5.74) is 6.86. The first-order valence-electron chi connectivity index (χ1n) is 4.89. The van der Waals surface area contributed by atoms with E-state index in [1.807, 2.05) is 24.3 Å². The summed E-state index contributed by atoms with van der Waals surface area (Å²) in [5.74, 6) is 0.788. The lowest BCUT2D eigenvalue weighted by atomic mass is 10.0. The normalized spacial score (nSPS) is 25.1. The molecular formula is C11H14N2O2. The second-order valence-electron chi connectivity index (χ2n) is 3.69. The minimum atomic E-state index is -0.149. The van der Waals surface area contributed by atoms with Crippen molar-refractivity contribution in [3.05, 3.63) is 29.8 Å². The third-order valence-corrected chi connectivity index (χ3v) is 2.62. The molecule has 80 valence electrons. The second kappa shape index (κ2) is 3.90. The third kappa shape index (κ3) is 1.94. The fraction of sp³-hybridized carbons (Fsp3) is 0.364. The molecule has 2 unspecified atom stereocenters. The van der Waals surface area contributed by atoms with E-state index in [0.717, 1.165) is 11.3 Å². The average molecular weight is 206 g/mol. The topological polar surface area (TPSA) is 64.3 Å². The zero-order valence-corrected chi connectivity index (χ0v) is 8.57. The van der Waals surface area contributed by atoms with E-state index in [4.69, 9.17) is 10.5 Å². The lowest BCUT2D eigenvalue weighted by molar-refractivity contribution is -0.119. The summed E-state index contributed by atoms with van der Waals surface area (Å²) in [4.78, 5) is 11.2. The van der Waals surface area contributed by atoms with Gasteiger partial charge in [0, 0.05) is 12.5 Å². The van der Waals surface area contributed by atoms with Crippen LogP contribution in [0.5, 0.6) is 5.75 Å². The Bertz CT molecular complexity index is 379. The third-order valence-electron chi connectivity index (χ3n) is 2.62. The molecule has 0 radical (unpaired) electrons. The molecule has 1 amide bonds. The SMILES string of the molecule is COc1cccc(C2NC(=O)CC2N)c1. The van der Waals surface area contributed by atoms with Crippen molar-refractivity contribution in [2.75, 3.05) is 7.11 Å². The predicted molar refractivity (Wildman–Crippen MR) is 56.5 cm³/mol. The van der Waals surface area contributed by atoms with Crippen LogP contribution in [0.25, 0.3) is 0 Å². The van der Waals surface area contributed by atoms with Gasteiger partial charge in [-0.25, -0.2) is 0 Å². The van der Waals surface area contributed by atoms with Crippen molar-refractivity contribution in [1.29, 1.82) is 0 Å². The number of nitrogens with two attached hydrogens (primary N) is 1. The van der Waals surface area contributed by atoms with E-state index >= 15 is 0 Å². The Kier molecular flexibility index (Phi) is 2.60. The van der Waals surface area contributed by atoms with Gasteiger partial charge in [-0.05, 0) is 17.7 Å². The molecule has 1 aromatic rings. The fourth-order valence-corrected chi connectivity index (χ4v) is 1.84. The molecule has 4 heteroatoms. The maximum atomic E-state index is 11.2. The van der Waals surface area contributed by atoms with Crippen molar-refractivity contribution < 1.29 is 9.53 Å². The van der Waals surface area contributed by atoms with Gasteiger partial charge in [0.15, 0.2) is 0 Å². The van der Waals surface area contributed by atoms with Crippen molar-refractivity contribution in [2.24, 2.45) is 5.73 Å². The van der Waals surface area contributed by atoms with Crippen molar-refractivity contribution in [3.63, 3.8) is 0 Å². The maximum Gasteiger partial charge on any atom is 0.222 e. The second-order valence-corrected chi connectivity index (χ2v) is 3.69. The summed E-state index contributed by atoms with van der Waals surface area (Å²) in [6.45, 7) is 0. The van der Waals surface area contributed by atoms with Crippen LogP contribution in [-0.2, 0) is 4.79 Å². The molecule has 0 spiro atoms. The standard InChI is InChI=1S/C11H14N2O2/c1-15-8-4-2-3-7(5-8)11-9(12)6-10(14)13-11/h2-5,9,11H,6,12H2,1H3,(H,13,14). The summed E-state index contributed by atoms with van der Waals surface area (Å²) in [6, 6.07) is 7.36. The van der Waals surface area contributed by atoms with Crippen LogP contribution in [0.2, 0.25) is 0 Å². The van der Waals surface area contributed by atoms with Crippen molar-refractivity contribution >= 4 is 5.91 Å². The van der Waals surface area contributed by atoms with Crippen LogP contribution in [0.15, 0.2) is 24.3 Å². The van der Waals surface area contributed by atoms with E-state index in [1.54, 1.807) is 7.11 Å². The van der Waals surface area contributed by atoms with Gasteiger partial charge >= 0.3 is 0 Å². The molecule has 1 saturated heterocycles. The number of methoxy groups -OCH3 is 1. The van der Waals surface area contributed by atoms with Gasteiger partial charge in [-0.15, -0.1) is 0 Å². The van der Waals surface area contributed by atoms with E-state index in [0.29, 0.717) is 6.42 Å². The van der Waals surface area contributed by atoms with Crippen molar-refractivity contribution in [3.8, 4) is 5.75 Å². The minimum absolute atomic E-state index is 0.00956. The largest absolute Gasteiger partial charge is 0.497 e. The Morgan fingerprint density at radius 2 is 2.33 bits per heavy atom. The first-order chi connectivity index (χ1) is 7.20. The van der Waals surface area contributed by atoms with Crippen LogP contribution in [0.3, 0.4) is 0 Å². The summed E-state index contributed by atoms with van der Waals surface area (Å²) in [5, 5.41) is 2.85. The number of ether oxygens (including phenoxy) is 1. The smallest absolute Gasteiger partial charge is 0.222 e. The lowest BCUT2D eigenvalue weighted by Gasteiger charge is -2.15. The van der Waals surface area contributed by atoms with Crippen molar-refractivity contribution in [2.45, 2.75) is 18.5 Å². The number of rotatable bonds is 2. The fourth-order valence-electron chi connectivity index (χ4n) is 1.84. The number of benzene rings is 1. The highest BCUT2D eigenvalue weighted by Gasteiger charge is 2.30. The summed E-state index contributed by atoms with van der Waals surface area (Å²) < 4.78 is 5.12. The van der Waals surface area contributed by atoms with E-state index in [2.05, 4.69) is 5.32 Å². The highest BCUT2D eigenvalue weighted by atomic mass is 16.5. The molecule has 2 atom stereocenters. The van der Waals surface area contributed by atoms with Gasteiger partial charge in [-0.3, -0.25) is 4.79 Å². The van der Waals surface area contributed by atoms with Crippen molar-refractivity contribution in [1.82, 2.24) is 5.32 Å². The van der Waals surface area contributed by atoms with Crippen LogP contribution in [-0.4, -0.2) is 19.1 Å². The summed E-state index contributed by atoms with van der Waals surface area (Å²) in [6.07, 6.45) is 0.391. The highest BCUT2D eigenvalue weighted by Crippen LogP contribution is 2.25. The number of nitrogens with one attached hydrogen (secondary N) is 1. The Morgan fingerprint density at radius 1 is 1.53 bits per heavy atom. The molecule has 0 aliphatic carbocycles. The quantitative estimate of drug-likeness (QED) is 0.744. The van der Waals surface area contributed by atoms with Gasteiger partial charge in [0.2, 0.25) is 5.91 Å². The van der Waals surface area contributed by atoms with Gasteiger partial charge < -0.3 is 15.8 Å². The molecule has 1 aliphatic rings. The Morgan fingerprint density at radius 3 is 2.93 bits per heavy atom. The first-order valence-corrected chi connectivity index (χ1v) is 4.89. The maximum absolute atomic E-state index is 11.2. The molecule has 0 bridgehead atoms. The molecule has 2 rings (SSSR count). The predicted octanol–water partition coefficient (Wildman–Crippen LogP) is 0.583. The lowest BCUT2D eigenvalue weighted by Crippen LogP contribution is -2.28. The molecule has 15 heavy (non-hydrogen) atoms. The molecular weight excluding hydrogens is 192 g/mol. The monoisotopic (exact) mass is 206 g/mol. The van der Waals surface area contributed by atoms with Crippen LogP contribution in [0.1, 0.15) is 18.0 Å². The van der Waals surface area contributed by atoms with Crippen LogP contribution in [0, 0.1) is 0 Å². The zero-order chi connectivity index (χ0) is 10.8. The van der Waals surface area contributed by atoms with Gasteiger partial charge in [0.05, 0.1) is 13.2 Å². The number of carbonyl (C=O) groups is 1. The Balaban J connectivity index is 2.25. The Hall–Kier alpha value is -1.55. The number of hydrogen-bond donors (Lipinski definition) is 2.